The van der Waals surface area contributed by atoms with Gasteiger partial charge in [0, 0.05) is 11.5 Å². The van der Waals surface area contributed by atoms with Gasteiger partial charge in [0.05, 0.1) is 6.07 Å². The average molecular weight is 180 g/mol. The lowest BCUT2D eigenvalue weighted by Gasteiger charge is -2.34. The molecule has 1 atom stereocenters. The molecule has 74 valence electrons. The Morgan fingerprint density at radius 1 is 1.23 bits per heavy atom. The molecular formula is C11H20N2. The van der Waals surface area contributed by atoms with Crippen LogP contribution < -0.4 is 0 Å². The predicted molar refractivity (Wildman–Crippen MR) is 54.3 cm³/mol. The fourth-order valence-electron chi connectivity index (χ4n) is 1.90. The lowest BCUT2D eigenvalue weighted by molar-refractivity contribution is 0.142. The predicted octanol–water partition coefficient (Wildman–Crippen LogP) is 2.41. The van der Waals surface area contributed by atoms with Crippen LogP contribution >= 0.6 is 0 Å². The summed E-state index contributed by atoms with van der Waals surface area (Å²) in [4.78, 5) is 2.49. The van der Waals surface area contributed by atoms with E-state index in [1.165, 1.54) is 6.42 Å². The van der Waals surface area contributed by atoms with Crippen molar-refractivity contribution in [1.29, 1.82) is 5.26 Å². The van der Waals surface area contributed by atoms with E-state index in [2.05, 4.69) is 31.7 Å². The lowest BCUT2D eigenvalue weighted by atomic mass is 10.0. The van der Waals surface area contributed by atoms with E-state index in [0.717, 1.165) is 25.9 Å². The zero-order chi connectivity index (χ0) is 9.90. The van der Waals surface area contributed by atoms with Crippen molar-refractivity contribution >= 4 is 0 Å². The zero-order valence-corrected chi connectivity index (χ0v) is 9.01. The third kappa shape index (κ3) is 3.00. The van der Waals surface area contributed by atoms with Crippen molar-refractivity contribution < 1.29 is 0 Å². The van der Waals surface area contributed by atoms with Crippen LogP contribution in [0.15, 0.2) is 0 Å². The quantitative estimate of drug-likeness (QED) is 0.572. The number of likely N-dealkylation sites (tertiary alicyclic amines) is 1. The van der Waals surface area contributed by atoms with E-state index < -0.39 is 0 Å². The van der Waals surface area contributed by atoms with E-state index in [1.54, 1.807) is 0 Å². The van der Waals surface area contributed by atoms with Gasteiger partial charge in [0.1, 0.15) is 0 Å². The lowest BCUT2D eigenvalue weighted by Crippen LogP contribution is -2.41. The fourth-order valence-corrected chi connectivity index (χ4v) is 1.90. The Morgan fingerprint density at radius 3 is 2.46 bits per heavy atom. The summed E-state index contributed by atoms with van der Waals surface area (Å²) in [6.07, 6.45) is 3.31. The van der Waals surface area contributed by atoms with E-state index in [4.69, 9.17) is 5.26 Å². The van der Waals surface area contributed by atoms with Crippen molar-refractivity contribution in [1.82, 2.24) is 4.90 Å². The molecule has 0 amide bonds. The monoisotopic (exact) mass is 180 g/mol. The first-order valence-electron chi connectivity index (χ1n) is 5.18. The van der Waals surface area contributed by atoms with E-state index in [0.29, 0.717) is 5.92 Å². The molecule has 0 aromatic heterocycles. The normalized spacial score (nSPS) is 26.5. The molecule has 0 aromatic rings. The smallest absolute Gasteiger partial charge is 0.0656 e. The van der Waals surface area contributed by atoms with Gasteiger partial charge >= 0.3 is 0 Å². The molecular weight excluding hydrogens is 160 g/mol. The fraction of sp³-hybridized carbons (Fsp3) is 0.909. The standard InChI is InChI=1S/C11H20N2/c1-11(2,3)13-7-4-5-10(9-12)6-8-13/h10H,4-8H2,1-3H3. The average Bonchev–Trinajstić information content (AvgIpc) is 2.26. The minimum Gasteiger partial charge on any atom is -0.298 e. The molecule has 2 heteroatoms. The van der Waals surface area contributed by atoms with E-state index in [9.17, 15) is 0 Å². The summed E-state index contributed by atoms with van der Waals surface area (Å²) in [5.74, 6) is 0.298. The van der Waals surface area contributed by atoms with Crippen LogP contribution in [-0.4, -0.2) is 23.5 Å². The second-order valence-corrected chi connectivity index (χ2v) is 4.91. The van der Waals surface area contributed by atoms with Crippen LogP contribution in [0.3, 0.4) is 0 Å². The Morgan fingerprint density at radius 2 is 1.92 bits per heavy atom. The van der Waals surface area contributed by atoms with E-state index in [-0.39, 0.29) is 5.54 Å². The van der Waals surface area contributed by atoms with Crippen LogP contribution in [-0.2, 0) is 0 Å². The summed E-state index contributed by atoms with van der Waals surface area (Å²) in [5, 5.41) is 8.84. The van der Waals surface area contributed by atoms with E-state index >= 15 is 0 Å². The molecule has 1 unspecified atom stereocenters. The Kier molecular flexibility index (Phi) is 3.33. The van der Waals surface area contributed by atoms with Crippen LogP contribution in [0.2, 0.25) is 0 Å². The summed E-state index contributed by atoms with van der Waals surface area (Å²) in [6.45, 7) is 8.99. The summed E-state index contributed by atoms with van der Waals surface area (Å²) in [7, 11) is 0. The van der Waals surface area contributed by atoms with Crippen molar-refractivity contribution in [2.75, 3.05) is 13.1 Å². The number of rotatable bonds is 0. The Balaban J connectivity index is 2.51. The Bertz CT molecular complexity index is 197. The van der Waals surface area contributed by atoms with Crippen LogP contribution in [0, 0.1) is 17.2 Å². The second kappa shape index (κ2) is 4.11. The minimum atomic E-state index is 0.268. The molecule has 1 aliphatic heterocycles. The Hall–Kier alpha value is -0.550. The third-order valence-corrected chi connectivity index (χ3v) is 2.86. The summed E-state index contributed by atoms with van der Waals surface area (Å²) >= 11 is 0. The van der Waals surface area contributed by atoms with Crippen molar-refractivity contribution in [3.05, 3.63) is 0 Å². The number of nitriles is 1. The number of hydrogen-bond donors (Lipinski definition) is 0. The molecule has 1 rings (SSSR count). The van der Waals surface area contributed by atoms with E-state index in [1.807, 2.05) is 0 Å². The molecule has 0 aliphatic carbocycles. The van der Waals surface area contributed by atoms with Crippen LogP contribution in [0.5, 0.6) is 0 Å². The minimum absolute atomic E-state index is 0.268. The van der Waals surface area contributed by atoms with Crippen LogP contribution in [0.1, 0.15) is 40.0 Å². The maximum atomic E-state index is 8.84. The van der Waals surface area contributed by atoms with Crippen LogP contribution in [0.25, 0.3) is 0 Å². The first kappa shape index (κ1) is 10.5. The van der Waals surface area contributed by atoms with Gasteiger partial charge in [-0.2, -0.15) is 5.26 Å². The van der Waals surface area contributed by atoms with Gasteiger partial charge in [-0.15, -0.1) is 0 Å². The van der Waals surface area contributed by atoms with Gasteiger partial charge in [-0.1, -0.05) is 0 Å². The van der Waals surface area contributed by atoms with Gasteiger partial charge in [-0.25, -0.2) is 0 Å². The van der Waals surface area contributed by atoms with Crippen molar-refractivity contribution in [2.24, 2.45) is 5.92 Å². The molecule has 1 fully saturated rings. The zero-order valence-electron chi connectivity index (χ0n) is 9.01. The highest BCUT2D eigenvalue weighted by Gasteiger charge is 2.24. The molecule has 0 radical (unpaired) electrons. The molecule has 0 aromatic carbocycles. The highest BCUT2D eigenvalue weighted by molar-refractivity contribution is 4.88. The van der Waals surface area contributed by atoms with Gasteiger partial charge in [-0.05, 0) is 53.1 Å². The SMILES string of the molecule is CC(C)(C)N1CCCC(C#N)CC1. The summed E-state index contributed by atoms with van der Waals surface area (Å²) in [5.41, 5.74) is 0.268. The molecule has 0 saturated carbocycles. The molecule has 1 heterocycles. The second-order valence-electron chi connectivity index (χ2n) is 4.91. The first-order chi connectivity index (χ1) is 6.04. The molecule has 2 nitrogen and oxygen atoms in total. The highest BCUT2D eigenvalue weighted by atomic mass is 15.2. The topological polar surface area (TPSA) is 27.0 Å². The van der Waals surface area contributed by atoms with Gasteiger partial charge in [-0.3, -0.25) is 4.90 Å². The Labute approximate surface area is 81.5 Å². The molecule has 0 bridgehead atoms. The highest BCUT2D eigenvalue weighted by Crippen LogP contribution is 2.22. The third-order valence-electron chi connectivity index (χ3n) is 2.86. The van der Waals surface area contributed by atoms with Gasteiger partial charge in [0.25, 0.3) is 0 Å². The first-order valence-corrected chi connectivity index (χ1v) is 5.18. The van der Waals surface area contributed by atoms with Crippen LogP contribution in [0.4, 0.5) is 0 Å². The van der Waals surface area contributed by atoms with Gasteiger partial charge < -0.3 is 0 Å². The van der Waals surface area contributed by atoms with Crippen molar-refractivity contribution in [3.63, 3.8) is 0 Å². The van der Waals surface area contributed by atoms with Crippen molar-refractivity contribution in [3.8, 4) is 6.07 Å². The summed E-state index contributed by atoms with van der Waals surface area (Å²) < 4.78 is 0. The maximum Gasteiger partial charge on any atom is 0.0656 e. The van der Waals surface area contributed by atoms with Gasteiger partial charge in [0.15, 0.2) is 0 Å². The van der Waals surface area contributed by atoms with Gasteiger partial charge in [0.2, 0.25) is 0 Å². The molecule has 0 spiro atoms. The number of hydrogen-bond acceptors (Lipinski definition) is 2. The molecule has 13 heavy (non-hydrogen) atoms. The summed E-state index contributed by atoms with van der Waals surface area (Å²) in [6, 6.07) is 2.39. The van der Waals surface area contributed by atoms with Crippen molar-refractivity contribution in [2.45, 2.75) is 45.6 Å². The maximum absolute atomic E-state index is 8.84. The largest absolute Gasteiger partial charge is 0.298 e. The molecule has 0 N–H and O–H groups in total. The molecule has 1 aliphatic rings. The molecule has 1 saturated heterocycles. The number of nitrogens with zero attached hydrogens (tertiary/aromatic N) is 2.